The van der Waals surface area contributed by atoms with Crippen molar-refractivity contribution in [3.8, 4) is 0 Å². The highest BCUT2D eigenvalue weighted by molar-refractivity contribution is 7.90. The van der Waals surface area contributed by atoms with Gasteiger partial charge in [0.1, 0.15) is 12.4 Å². The lowest BCUT2D eigenvalue weighted by atomic mass is 10.2. The van der Waals surface area contributed by atoms with Gasteiger partial charge < -0.3 is 5.32 Å². The first-order valence-corrected chi connectivity index (χ1v) is 8.93. The average molecular weight is 365 g/mol. The number of aryl methyl sites for hydroxylation is 1. The van der Waals surface area contributed by atoms with E-state index in [9.17, 15) is 17.6 Å². The van der Waals surface area contributed by atoms with E-state index in [0.717, 1.165) is 20.2 Å². The number of nitrogens with zero attached hydrogens (tertiary/aromatic N) is 2. The highest BCUT2D eigenvalue weighted by Gasteiger charge is 2.29. The molecule has 6 nitrogen and oxygen atoms in total. The molecule has 0 atom stereocenters. The number of anilines is 2. The van der Waals surface area contributed by atoms with Gasteiger partial charge in [0.25, 0.3) is 0 Å². The second kappa shape index (κ2) is 7.62. The van der Waals surface area contributed by atoms with E-state index in [4.69, 9.17) is 0 Å². The Kier molecular flexibility index (Phi) is 5.76. The molecule has 1 amide bonds. The molecule has 0 spiro atoms. The minimum atomic E-state index is -4.05. The minimum absolute atomic E-state index is 0.184. The lowest BCUT2D eigenvalue weighted by Crippen LogP contribution is -2.44. The molecule has 1 N–H and O–H groups in total. The summed E-state index contributed by atoms with van der Waals surface area (Å²) in [7, 11) is -1.40. The van der Waals surface area contributed by atoms with E-state index < -0.39 is 28.5 Å². The van der Waals surface area contributed by atoms with Crippen LogP contribution < -0.4 is 9.62 Å². The largest absolute Gasteiger partial charge is 0.324 e. The number of carbonyl (C=O) groups is 1. The number of amides is 1. The van der Waals surface area contributed by atoms with Crippen molar-refractivity contribution < 1.29 is 17.6 Å². The van der Waals surface area contributed by atoms with Gasteiger partial charge in [-0.05, 0) is 30.7 Å². The van der Waals surface area contributed by atoms with Gasteiger partial charge >= 0.3 is 10.2 Å². The van der Waals surface area contributed by atoms with Gasteiger partial charge in [-0.1, -0.05) is 30.3 Å². The third kappa shape index (κ3) is 4.34. The first-order valence-electron chi connectivity index (χ1n) is 7.53. The molecule has 134 valence electrons. The Bertz CT molecular complexity index is 869. The fourth-order valence-electron chi connectivity index (χ4n) is 2.18. The molecule has 2 aromatic rings. The van der Waals surface area contributed by atoms with Crippen LogP contribution in [0.4, 0.5) is 15.8 Å². The Morgan fingerprint density at radius 2 is 1.68 bits per heavy atom. The van der Waals surface area contributed by atoms with Crippen LogP contribution in [0.1, 0.15) is 5.56 Å². The summed E-state index contributed by atoms with van der Waals surface area (Å²) in [5.74, 6) is -1.29. The first-order chi connectivity index (χ1) is 11.7. The highest BCUT2D eigenvalue weighted by atomic mass is 32.2. The molecule has 0 aliphatic heterocycles. The number of nitrogens with one attached hydrogen (secondary N) is 1. The summed E-state index contributed by atoms with van der Waals surface area (Å²) in [6.07, 6.45) is 0. The Morgan fingerprint density at radius 3 is 2.28 bits per heavy atom. The molecule has 0 saturated heterocycles. The van der Waals surface area contributed by atoms with Gasteiger partial charge in [0.2, 0.25) is 5.91 Å². The zero-order valence-electron chi connectivity index (χ0n) is 14.2. The van der Waals surface area contributed by atoms with Crippen molar-refractivity contribution in [2.75, 3.05) is 30.3 Å². The summed E-state index contributed by atoms with van der Waals surface area (Å²) < 4.78 is 40.9. The molecule has 0 aromatic heterocycles. The van der Waals surface area contributed by atoms with Gasteiger partial charge in [-0.3, -0.25) is 4.79 Å². The summed E-state index contributed by atoms with van der Waals surface area (Å²) in [4.78, 5) is 12.4. The number of hydrogen-bond donors (Lipinski definition) is 1. The maximum Gasteiger partial charge on any atom is 0.304 e. The van der Waals surface area contributed by atoms with Gasteiger partial charge in [0.05, 0.1) is 5.69 Å². The van der Waals surface area contributed by atoms with Crippen molar-refractivity contribution in [2.45, 2.75) is 6.92 Å². The predicted octanol–water partition coefficient (Wildman–Crippen LogP) is 2.39. The van der Waals surface area contributed by atoms with Crippen molar-refractivity contribution in [3.05, 3.63) is 59.9 Å². The maximum absolute atomic E-state index is 14.1. The van der Waals surface area contributed by atoms with Crippen LogP contribution in [0.25, 0.3) is 0 Å². The monoisotopic (exact) mass is 365 g/mol. The molecule has 0 radical (unpaired) electrons. The van der Waals surface area contributed by atoms with Gasteiger partial charge in [0.15, 0.2) is 0 Å². The van der Waals surface area contributed by atoms with E-state index in [1.54, 1.807) is 12.1 Å². The van der Waals surface area contributed by atoms with E-state index in [0.29, 0.717) is 5.69 Å². The number of halogens is 1. The van der Waals surface area contributed by atoms with Crippen LogP contribution in [0.3, 0.4) is 0 Å². The van der Waals surface area contributed by atoms with Gasteiger partial charge in [-0.15, -0.1) is 0 Å². The summed E-state index contributed by atoms with van der Waals surface area (Å²) in [5, 5.41) is 2.65. The zero-order valence-corrected chi connectivity index (χ0v) is 15.0. The molecule has 0 fully saturated rings. The SMILES string of the molecule is Cc1ccccc1NC(=O)CN(c1ccccc1F)S(=O)(=O)N(C)C. The van der Waals surface area contributed by atoms with Crippen LogP contribution in [0.15, 0.2) is 48.5 Å². The van der Waals surface area contributed by atoms with Crippen molar-refractivity contribution in [1.29, 1.82) is 0 Å². The van der Waals surface area contributed by atoms with Gasteiger partial charge in [-0.25, -0.2) is 8.70 Å². The van der Waals surface area contributed by atoms with Crippen LogP contribution in [0.2, 0.25) is 0 Å². The van der Waals surface area contributed by atoms with E-state index in [-0.39, 0.29) is 5.69 Å². The molecule has 0 aliphatic carbocycles. The van der Waals surface area contributed by atoms with Gasteiger partial charge in [0, 0.05) is 19.8 Å². The third-order valence-electron chi connectivity index (χ3n) is 3.57. The molecular weight excluding hydrogens is 345 g/mol. The maximum atomic E-state index is 14.1. The normalized spacial score (nSPS) is 11.4. The minimum Gasteiger partial charge on any atom is -0.324 e. The lowest BCUT2D eigenvalue weighted by Gasteiger charge is -2.27. The topological polar surface area (TPSA) is 69.7 Å². The van der Waals surface area contributed by atoms with Crippen LogP contribution in [0.5, 0.6) is 0 Å². The fourth-order valence-corrected chi connectivity index (χ4v) is 3.25. The van der Waals surface area contributed by atoms with E-state index >= 15 is 0 Å². The van der Waals surface area contributed by atoms with Gasteiger partial charge in [-0.2, -0.15) is 12.7 Å². The summed E-state index contributed by atoms with van der Waals surface area (Å²) in [5.41, 5.74) is 1.23. The number of hydrogen-bond acceptors (Lipinski definition) is 3. The van der Waals surface area contributed by atoms with Crippen molar-refractivity contribution in [1.82, 2.24) is 4.31 Å². The van der Waals surface area contributed by atoms with E-state index in [1.807, 2.05) is 19.1 Å². The average Bonchev–Trinajstić information content (AvgIpc) is 2.55. The van der Waals surface area contributed by atoms with Crippen LogP contribution in [-0.2, 0) is 15.0 Å². The number of benzene rings is 2. The Morgan fingerprint density at radius 1 is 1.08 bits per heavy atom. The van der Waals surface area contributed by atoms with Crippen LogP contribution in [0, 0.1) is 12.7 Å². The van der Waals surface area contributed by atoms with Crippen LogP contribution >= 0.6 is 0 Å². The predicted molar refractivity (Wildman–Crippen MR) is 96.2 cm³/mol. The highest BCUT2D eigenvalue weighted by Crippen LogP contribution is 2.23. The molecular formula is C17H20FN3O3S. The molecule has 0 unspecified atom stereocenters. The standard InChI is InChI=1S/C17H20FN3O3S/c1-13-8-4-6-10-15(13)19-17(22)12-21(25(23,24)20(2)3)16-11-7-5-9-14(16)18/h4-11H,12H2,1-3H3,(H,19,22). The number of carbonyl (C=O) groups excluding carboxylic acids is 1. The van der Waals surface area contributed by atoms with Crippen molar-refractivity contribution in [3.63, 3.8) is 0 Å². The number of para-hydroxylation sites is 2. The Balaban J connectivity index is 2.33. The summed E-state index contributed by atoms with van der Waals surface area (Å²) in [6.45, 7) is 1.27. The lowest BCUT2D eigenvalue weighted by molar-refractivity contribution is -0.114. The number of rotatable bonds is 6. The summed E-state index contributed by atoms with van der Waals surface area (Å²) in [6, 6.07) is 12.5. The fraction of sp³-hybridized carbons (Fsp3) is 0.235. The molecule has 0 aliphatic rings. The first kappa shape index (κ1) is 18.9. The van der Waals surface area contributed by atoms with Crippen molar-refractivity contribution in [2.24, 2.45) is 0 Å². The molecule has 0 heterocycles. The smallest absolute Gasteiger partial charge is 0.304 e. The molecule has 0 saturated carbocycles. The van der Waals surface area contributed by atoms with E-state index in [2.05, 4.69) is 5.32 Å². The molecule has 0 bridgehead atoms. The molecule has 2 rings (SSSR count). The molecule has 8 heteroatoms. The Hall–Kier alpha value is -2.45. The molecule has 2 aromatic carbocycles. The third-order valence-corrected chi connectivity index (χ3v) is 5.37. The van der Waals surface area contributed by atoms with Crippen LogP contribution in [-0.4, -0.2) is 39.3 Å². The molecule has 25 heavy (non-hydrogen) atoms. The Labute approximate surface area is 147 Å². The summed E-state index contributed by atoms with van der Waals surface area (Å²) >= 11 is 0. The quantitative estimate of drug-likeness (QED) is 0.855. The second-order valence-corrected chi connectivity index (χ2v) is 7.68. The van der Waals surface area contributed by atoms with E-state index in [1.165, 1.54) is 32.3 Å². The zero-order chi connectivity index (χ0) is 18.6. The van der Waals surface area contributed by atoms with Crippen molar-refractivity contribution >= 4 is 27.5 Å². The second-order valence-electron chi connectivity index (χ2n) is 5.61.